The zero-order valence-electron chi connectivity index (χ0n) is 11.0. The van der Waals surface area contributed by atoms with Crippen molar-refractivity contribution in [2.75, 3.05) is 0 Å². The summed E-state index contributed by atoms with van der Waals surface area (Å²) in [5, 5.41) is 0. The molecule has 14 heavy (non-hydrogen) atoms. The topological polar surface area (TPSA) is 18.5 Å². The minimum Gasteiger partial charge on any atom is -0.345 e. The van der Waals surface area contributed by atoms with Crippen molar-refractivity contribution in [3.8, 4) is 0 Å². The van der Waals surface area contributed by atoms with Gasteiger partial charge in [0.15, 0.2) is 5.79 Å². The molecule has 0 aromatic carbocycles. The Balaban J connectivity index is 4.49. The summed E-state index contributed by atoms with van der Waals surface area (Å²) in [6, 6.07) is 0. The van der Waals surface area contributed by atoms with E-state index in [1.165, 1.54) is 0 Å². The predicted octanol–water partition coefficient (Wildman–Crippen LogP) is 3.74. The Morgan fingerprint density at radius 3 is 1.14 bits per heavy atom. The summed E-state index contributed by atoms with van der Waals surface area (Å²) in [6.45, 7) is 16.4. The van der Waals surface area contributed by atoms with Crippen LogP contribution in [0.5, 0.6) is 0 Å². The molecule has 0 bridgehead atoms. The van der Waals surface area contributed by atoms with Crippen molar-refractivity contribution in [1.29, 1.82) is 0 Å². The molecule has 86 valence electrons. The molecule has 0 unspecified atom stereocenters. The Hall–Kier alpha value is -0.0800. The van der Waals surface area contributed by atoms with E-state index in [4.69, 9.17) is 9.47 Å². The molecule has 0 radical (unpaired) electrons. The van der Waals surface area contributed by atoms with E-state index < -0.39 is 5.79 Å². The van der Waals surface area contributed by atoms with E-state index in [2.05, 4.69) is 6.92 Å². The standard InChI is InChI=1S/C12H26O2/c1-9-12(8,13-10(2,3)4)14-11(5,6)7/h9H2,1-8H3. The highest BCUT2D eigenvalue weighted by molar-refractivity contribution is 4.73. The third kappa shape index (κ3) is 6.39. The van der Waals surface area contributed by atoms with E-state index in [0.717, 1.165) is 6.42 Å². The Morgan fingerprint density at radius 2 is 1.00 bits per heavy atom. The lowest BCUT2D eigenvalue weighted by Crippen LogP contribution is -2.44. The monoisotopic (exact) mass is 202 g/mol. The van der Waals surface area contributed by atoms with Gasteiger partial charge < -0.3 is 9.47 Å². The third-order valence-electron chi connectivity index (χ3n) is 1.69. The first kappa shape index (κ1) is 13.9. The molecular formula is C12H26O2. The first-order valence-corrected chi connectivity index (χ1v) is 5.38. The molecule has 0 N–H and O–H groups in total. The fourth-order valence-corrected chi connectivity index (χ4v) is 1.46. The van der Waals surface area contributed by atoms with Crippen molar-refractivity contribution in [1.82, 2.24) is 0 Å². The predicted molar refractivity (Wildman–Crippen MR) is 60.4 cm³/mol. The lowest BCUT2D eigenvalue weighted by molar-refractivity contribution is -0.302. The van der Waals surface area contributed by atoms with Gasteiger partial charge in [-0.3, -0.25) is 0 Å². The first-order valence-electron chi connectivity index (χ1n) is 5.38. The minimum absolute atomic E-state index is 0.171. The first-order chi connectivity index (χ1) is 5.97. The largest absolute Gasteiger partial charge is 0.345 e. The molecular weight excluding hydrogens is 176 g/mol. The van der Waals surface area contributed by atoms with Gasteiger partial charge in [0.25, 0.3) is 0 Å². The van der Waals surface area contributed by atoms with Crippen LogP contribution in [0.2, 0.25) is 0 Å². The molecule has 0 aromatic rings. The van der Waals surface area contributed by atoms with Crippen molar-refractivity contribution in [2.24, 2.45) is 0 Å². The van der Waals surface area contributed by atoms with E-state index in [9.17, 15) is 0 Å². The number of hydrogen-bond acceptors (Lipinski definition) is 2. The maximum Gasteiger partial charge on any atom is 0.166 e. The molecule has 0 amide bonds. The molecule has 0 fully saturated rings. The van der Waals surface area contributed by atoms with Gasteiger partial charge in [0.05, 0.1) is 11.2 Å². The molecule has 2 nitrogen and oxygen atoms in total. The Bertz CT molecular complexity index is 156. The number of rotatable bonds is 3. The molecule has 0 aliphatic heterocycles. The lowest BCUT2D eigenvalue weighted by atomic mass is 10.1. The lowest BCUT2D eigenvalue weighted by Gasteiger charge is -2.40. The quantitative estimate of drug-likeness (QED) is 0.649. The van der Waals surface area contributed by atoms with Crippen molar-refractivity contribution >= 4 is 0 Å². The van der Waals surface area contributed by atoms with Crippen LogP contribution in [0.25, 0.3) is 0 Å². The second-order valence-corrected chi connectivity index (χ2v) is 5.92. The van der Waals surface area contributed by atoms with Gasteiger partial charge in [-0.15, -0.1) is 0 Å². The van der Waals surface area contributed by atoms with Gasteiger partial charge in [-0.2, -0.15) is 0 Å². The van der Waals surface area contributed by atoms with Crippen LogP contribution < -0.4 is 0 Å². The number of ether oxygens (including phenoxy) is 2. The minimum atomic E-state index is -0.490. The molecule has 0 heterocycles. The van der Waals surface area contributed by atoms with Gasteiger partial charge in [-0.05, 0) is 54.9 Å². The average molecular weight is 202 g/mol. The molecule has 0 saturated heterocycles. The molecule has 0 saturated carbocycles. The van der Waals surface area contributed by atoms with Gasteiger partial charge in [-0.25, -0.2) is 0 Å². The Labute approximate surface area is 89.0 Å². The molecule has 0 aromatic heterocycles. The summed E-state index contributed by atoms with van der Waals surface area (Å²) in [5.74, 6) is -0.490. The molecule has 0 atom stereocenters. The van der Waals surface area contributed by atoms with Gasteiger partial charge in [0, 0.05) is 0 Å². The Morgan fingerprint density at radius 1 is 0.714 bits per heavy atom. The summed E-state index contributed by atoms with van der Waals surface area (Å²) in [6.07, 6.45) is 0.849. The smallest absolute Gasteiger partial charge is 0.166 e. The van der Waals surface area contributed by atoms with E-state index in [0.29, 0.717) is 0 Å². The van der Waals surface area contributed by atoms with Crippen LogP contribution >= 0.6 is 0 Å². The second kappa shape index (κ2) is 4.19. The average Bonchev–Trinajstić information content (AvgIpc) is 1.78. The van der Waals surface area contributed by atoms with Crippen molar-refractivity contribution in [3.05, 3.63) is 0 Å². The number of hydrogen-bond donors (Lipinski definition) is 0. The normalized spacial score (nSPS) is 14.6. The van der Waals surface area contributed by atoms with Crippen LogP contribution in [0, 0.1) is 0 Å². The van der Waals surface area contributed by atoms with Crippen LogP contribution in [-0.2, 0) is 9.47 Å². The van der Waals surface area contributed by atoms with E-state index in [-0.39, 0.29) is 11.2 Å². The highest BCUT2D eigenvalue weighted by Gasteiger charge is 2.33. The van der Waals surface area contributed by atoms with Crippen LogP contribution in [-0.4, -0.2) is 17.0 Å². The van der Waals surface area contributed by atoms with E-state index in [1.54, 1.807) is 0 Å². The maximum atomic E-state index is 5.93. The van der Waals surface area contributed by atoms with Crippen LogP contribution in [0.15, 0.2) is 0 Å². The van der Waals surface area contributed by atoms with Crippen LogP contribution in [0.4, 0.5) is 0 Å². The molecule has 0 aliphatic rings. The van der Waals surface area contributed by atoms with Crippen LogP contribution in [0.3, 0.4) is 0 Å². The van der Waals surface area contributed by atoms with E-state index in [1.807, 2.05) is 48.5 Å². The zero-order chi connectivity index (χ0) is 11.6. The fourth-order valence-electron chi connectivity index (χ4n) is 1.46. The van der Waals surface area contributed by atoms with Gasteiger partial charge in [0.2, 0.25) is 0 Å². The van der Waals surface area contributed by atoms with Crippen molar-refractivity contribution in [3.63, 3.8) is 0 Å². The van der Waals surface area contributed by atoms with E-state index >= 15 is 0 Å². The molecule has 0 rings (SSSR count). The summed E-state index contributed by atoms with van der Waals surface area (Å²) in [4.78, 5) is 0. The maximum absolute atomic E-state index is 5.93. The summed E-state index contributed by atoms with van der Waals surface area (Å²) in [5.41, 5.74) is -0.341. The SMILES string of the molecule is CCC(C)(OC(C)(C)C)OC(C)(C)C. The summed E-state index contributed by atoms with van der Waals surface area (Å²) >= 11 is 0. The highest BCUT2D eigenvalue weighted by atomic mass is 16.7. The van der Waals surface area contributed by atoms with Crippen molar-refractivity contribution < 1.29 is 9.47 Å². The van der Waals surface area contributed by atoms with Crippen molar-refractivity contribution in [2.45, 2.75) is 78.8 Å². The van der Waals surface area contributed by atoms with Crippen LogP contribution in [0.1, 0.15) is 61.8 Å². The zero-order valence-corrected chi connectivity index (χ0v) is 11.0. The molecule has 0 spiro atoms. The molecule has 0 aliphatic carbocycles. The van der Waals surface area contributed by atoms with Gasteiger partial charge >= 0.3 is 0 Å². The third-order valence-corrected chi connectivity index (χ3v) is 1.69. The second-order valence-electron chi connectivity index (χ2n) is 5.92. The fraction of sp³-hybridized carbons (Fsp3) is 1.00. The van der Waals surface area contributed by atoms with Gasteiger partial charge in [-0.1, -0.05) is 6.92 Å². The Kier molecular flexibility index (Phi) is 4.17. The van der Waals surface area contributed by atoms with Gasteiger partial charge in [0.1, 0.15) is 0 Å². The summed E-state index contributed by atoms with van der Waals surface area (Å²) < 4.78 is 11.9. The molecule has 2 heteroatoms. The highest BCUT2D eigenvalue weighted by Crippen LogP contribution is 2.29. The summed E-state index contributed by atoms with van der Waals surface area (Å²) in [7, 11) is 0.